The molecule has 3 rings (SSSR count). The van der Waals surface area contributed by atoms with Crippen LogP contribution >= 0.6 is 7.75 Å². The second-order valence-electron chi connectivity index (χ2n) is 8.47. The molecule has 0 radical (unpaired) electrons. The SMILES string of the molecule is CC(C)OC(=O)[C@@H](C)NP(=O)(OC[C@H]1O[C@@H](n2ccc(=O)[nH]c2=O)[C@@H](C)[C@@H]1O)Oc1ccccc1. The Bertz CT molecular complexity index is 1170. The summed E-state index contributed by atoms with van der Waals surface area (Å²) in [5.41, 5.74) is -1.26. The maximum absolute atomic E-state index is 13.6. The Kier molecular flexibility index (Phi) is 8.68. The monoisotopic (exact) mass is 511 g/mol. The molecule has 3 N–H and O–H groups in total. The van der Waals surface area contributed by atoms with E-state index in [1.54, 1.807) is 51.1 Å². The van der Waals surface area contributed by atoms with E-state index in [1.165, 1.54) is 13.1 Å². The quantitative estimate of drug-likeness (QED) is 0.316. The molecule has 0 spiro atoms. The number of ether oxygens (including phenoxy) is 2. The summed E-state index contributed by atoms with van der Waals surface area (Å²) in [6, 6.07) is 8.36. The first kappa shape index (κ1) is 26.8. The molecule has 2 aromatic rings. The maximum atomic E-state index is 13.6. The van der Waals surface area contributed by atoms with Crippen molar-refractivity contribution in [2.75, 3.05) is 6.61 Å². The largest absolute Gasteiger partial charge is 0.462 e. The number of carbonyl (C=O) groups is 1. The van der Waals surface area contributed by atoms with Crippen LogP contribution in [0.15, 0.2) is 52.2 Å². The smallest absolute Gasteiger partial charge is 0.459 e. The first-order valence-electron chi connectivity index (χ1n) is 11.1. The van der Waals surface area contributed by atoms with Crippen molar-refractivity contribution in [3.05, 3.63) is 63.4 Å². The van der Waals surface area contributed by atoms with Crippen LogP contribution in [0.5, 0.6) is 5.75 Å². The summed E-state index contributed by atoms with van der Waals surface area (Å²) < 4.78 is 36.8. The minimum atomic E-state index is -4.16. The highest BCUT2D eigenvalue weighted by atomic mass is 31.2. The topological polar surface area (TPSA) is 158 Å². The number of nitrogens with zero attached hydrogens (tertiary/aromatic N) is 1. The third-order valence-corrected chi connectivity index (χ3v) is 6.89. The Balaban J connectivity index is 1.75. The number of para-hydroxylation sites is 1. The molecule has 0 saturated carbocycles. The predicted molar refractivity (Wildman–Crippen MR) is 125 cm³/mol. The lowest BCUT2D eigenvalue weighted by Crippen LogP contribution is -2.37. The van der Waals surface area contributed by atoms with Crippen molar-refractivity contribution < 1.29 is 33.0 Å². The molecule has 0 bridgehead atoms. The van der Waals surface area contributed by atoms with E-state index in [1.807, 2.05) is 0 Å². The van der Waals surface area contributed by atoms with Crippen molar-refractivity contribution in [3.63, 3.8) is 0 Å². The number of hydrogen-bond acceptors (Lipinski definition) is 9. The van der Waals surface area contributed by atoms with Crippen LogP contribution in [0, 0.1) is 5.92 Å². The van der Waals surface area contributed by atoms with E-state index in [0.29, 0.717) is 0 Å². The van der Waals surface area contributed by atoms with Gasteiger partial charge in [0.25, 0.3) is 5.56 Å². The molecule has 1 aromatic heterocycles. The first-order chi connectivity index (χ1) is 16.5. The van der Waals surface area contributed by atoms with Gasteiger partial charge in [-0.15, -0.1) is 0 Å². The van der Waals surface area contributed by atoms with Gasteiger partial charge in [0.15, 0.2) is 0 Å². The third kappa shape index (κ3) is 6.89. The van der Waals surface area contributed by atoms with Crippen LogP contribution in [0.25, 0.3) is 0 Å². The normalized spacial score (nSPS) is 24.6. The van der Waals surface area contributed by atoms with Gasteiger partial charge < -0.3 is 19.1 Å². The lowest BCUT2D eigenvalue weighted by molar-refractivity contribution is -0.149. The van der Waals surface area contributed by atoms with Gasteiger partial charge in [-0.1, -0.05) is 25.1 Å². The van der Waals surface area contributed by atoms with E-state index < -0.39 is 55.4 Å². The molecule has 35 heavy (non-hydrogen) atoms. The van der Waals surface area contributed by atoms with Gasteiger partial charge in [0.05, 0.1) is 18.8 Å². The molecule has 12 nitrogen and oxygen atoms in total. The molecule has 13 heteroatoms. The van der Waals surface area contributed by atoms with Crippen molar-refractivity contribution in [3.8, 4) is 5.75 Å². The fourth-order valence-corrected chi connectivity index (χ4v) is 4.98. The molecule has 1 aliphatic heterocycles. The predicted octanol–water partition coefficient (Wildman–Crippen LogP) is 1.56. The van der Waals surface area contributed by atoms with Crippen molar-refractivity contribution in [2.45, 2.75) is 58.3 Å². The number of nitrogens with one attached hydrogen (secondary N) is 2. The van der Waals surface area contributed by atoms with Crippen molar-refractivity contribution in [1.82, 2.24) is 14.6 Å². The number of aliphatic hydroxyl groups is 1. The van der Waals surface area contributed by atoms with E-state index in [0.717, 1.165) is 10.6 Å². The van der Waals surface area contributed by atoms with Crippen molar-refractivity contribution >= 4 is 13.7 Å². The zero-order valence-corrected chi connectivity index (χ0v) is 20.7. The molecule has 1 unspecified atom stereocenters. The van der Waals surface area contributed by atoms with E-state index in [4.69, 9.17) is 18.5 Å². The van der Waals surface area contributed by atoms with Gasteiger partial charge >= 0.3 is 19.4 Å². The van der Waals surface area contributed by atoms with Crippen LogP contribution in [-0.2, 0) is 23.4 Å². The van der Waals surface area contributed by atoms with Gasteiger partial charge in [-0.25, -0.2) is 9.36 Å². The summed E-state index contributed by atoms with van der Waals surface area (Å²) >= 11 is 0. The number of hydrogen-bond donors (Lipinski definition) is 3. The first-order valence-corrected chi connectivity index (χ1v) is 12.7. The maximum Gasteiger partial charge on any atom is 0.459 e. The average molecular weight is 511 g/mol. The standard InChI is InChI=1S/C22H30N3O9P/c1-13(2)32-21(28)15(4)24-35(30,34-16-8-6-5-7-9-16)31-12-17-19(27)14(3)20(33-17)25-11-10-18(26)23-22(25)29/h5-11,13-15,17,19-20,27H,12H2,1-4H3,(H,24,30)(H,23,26,29)/t14-,15+,17+,19-,20+,35?/m0/s1. The summed E-state index contributed by atoms with van der Waals surface area (Å²) in [4.78, 5) is 37.9. The number of carbonyl (C=O) groups excluding carboxylic acids is 1. The second-order valence-corrected chi connectivity index (χ2v) is 10.2. The van der Waals surface area contributed by atoms with Gasteiger partial charge in [-0.3, -0.25) is 23.7 Å². The van der Waals surface area contributed by atoms with E-state index in [9.17, 15) is 24.1 Å². The van der Waals surface area contributed by atoms with Crippen molar-refractivity contribution in [2.24, 2.45) is 5.92 Å². The third-order valence-electron chi connectivity index (χ3n) is 5.24. The molecule has 6 atom stereocenters. The summed E-state index contributed by atoms with van der Waals surface area (Å²) in [5, 5.41) is 13.2. The zero-order valence-electron chi connectivity index (χ0n) is 19.8. The van der Waals surface area contributed by atoms with Gasteiger partial charge in [-0.2, -0.15) is 5.09 Å². The van der Waals surface area contributed by atoms with Crippen molar-refractivity contribution in [1.29, 1.82) is 0 Å². The zero-order chi connectivity index (χ0) is 25.8. The van der Waals surface area contributed by atoms with Gasteiger partial charge in [0.1, 0.15) is 24.1 Å². The molecule has 1 aliphatic rings. The number of H-pyrrole nitrogens is 1. The molecule has 0 amide bonds. The molecule has 1 aromatic carbocycles. The number of rotatable bonds is 10. The van der Waals surface area contributed by atoms with E-state index >= 15 is 0 Å². The molecule has 1 saturated heterocycles. The summed E-state index contributed by atoms with van der Waals surface area (Å²) in [7, 11) is -4.16. The molecule has 2 heterocycles. The number of aromatic amines is 1. The number of aliphatic hydroxyl groups excluding tert-OH is 1. The number of esters is 1. The Labute approximate surface area is 201 Å². The molecule has 0 aliphatic carbocycles. The van der Waals surface area contributed by atoms with E-state index in [-0.39, 0.29) is 18.5 Å². The second kappa shape index (κ2) is 11.3. The Hall–Kier alpha value is -2.76. The van der Waals surface area contributed by atoms with Crippen LogP contribution in [0.2, 0.25) is 0 Å². The van der Waals surface area contributed by atoms with Gasteiger partial charge in [-0.05, 0) is 32.9 Å². The fourth-order valence-electron chi connectivity index (χ4n) is 3.48. The van der Waals surface area contributed by atoms with Crippen LogP contribution in [0.4, 0.5) is 0 Å². The summed E-state index contributed by atoms with van der Waals surface area (Å²) in [6.45, 7) is 6.10. The highest BCUT2D eigenvalue weighted by Crippen LogP contribution is 2.46. The minimum absolute atomic E-state index is 0.228. The molecule has 1 fully saturated rings. The highest BCUT2D eigenvalue weighted by molar-refractivity contribution is 7.52. The lowest BCUT2D eigenvalue weighted by atomic mass is 10.0. The summed E-state index contributed by atoms with van der Waals surface area (Å²) in [6.07, 6.45) is -2.08. The van der Waals surface area contributed by atoms with Crippen LogP contribution < -0.4 is 20.9 Å². The lowest BCUT2D eigenvalue weighted by Gasteiger charge is -2.25. The number of aromatic nitrogens is 2. The Morgan fingerprint density at radius 1 is 1.23 bits per heavy atom. The Morgan fingerprint density at radius 2 is 1.91 bits per heavy atom. The summed E-state index contributed by atoms with van der Waals surface area (Å²) in [5.74, 6) is -0.981. The minimum Gasteiger partial charge on any atom is -0.462 e. The van der Waals surface area contributed by atoms with E-state index in [2.05, 4.69) is 10.1 Å². The highest BCUT2D eigenvalue weighted by Gasteiger charge is 2.44. The number of benzene rings is 1. The fraction of sp³-hybridized carbons (Fsp3) is 0.500. The van der Waals surface area contributed by atoms with Crippen LogP contribution in [-0.4, -0.2) is 51.6 Å². The van der Waals surface area contributed by atoms with Crippen LogP contribution in [0.3, 0.4) is 0 Å². The molecular formula is C22H30N3O9P. The van der Waals surface area contributed by atoms with Gasteiger partial charge in [0.2, 0.25) is 0 Å². The van der Waals surface area contributed by atoms with Crippen LogP contribution in [0.1, 0.15) is 33.9 Å². The Morgan fingerprint density at radius 3 is 2.54 bits per heavy atom. The average Bonchev–Trinajstić information content (AvgIpc) is 3.06. The molecular weight excluding hydrogens is 481 g/mol. The van der Waals surface area contributed by atoms with Gasteiger partial charge in [0, 0.05) is 18.2 Å². The molecule has 192 valence electrons.